The molecule has 1 unspecified atom stereocenters. The molecule has 1 atom stereocenters. The van der Waals surface area contributed by atoms with Crippen molar-refractivity contribution in [1.29, 1.82) is 0 Å². The van der Waals surface area contributed by atoms with Crippen LogP contribution in [0.5, 0.6) is 0 Å². The van der Waals surface area contributed by atoms with Crippen molar-refractivity contribution in [2.75, 3.05) is 24.5 Å². The molecule has 1 aliphatic heterocycles. The average Bonchev–Trinajstić information content (AvgIpc) is 2.67. The van der Waals surface area contributed by atoms with Crippen molar-refractivity contribution >= 4 is 46.1 Å². The Hall–Kier alpha value is -2.61. The van der Waals surface area contributed by atoms with Crippen LogP contribution in [-0.2, 0) is 4.74 Å². The molecule has 0 amide bonds. The Morgan fingerprint density at radius 3 is 2.75 bits per heavy atom. The van der Waals surface area contributed by atoms with Crippen molar-refractivity contribution in [2.24, 2.45) is 0 Å². The van der Waals surface area contributed by atoms with Gasteiger partial charge in [0.1, 0.15) is 12.1 Å². The van der Waals surface area contributed by atoms with Crippen LogP contribution >= 0.6 is 23.2 Å². The molecule has 2 N–H and O–H groups in total. The van der Waals surface area contributed by atoms with Gasteiger partial charge in [0.15, 0.2) is 6.23 Å². The van der Waals surface area contributed by atoms with E-state index in [1.54, 1.807) is 6.07 Å². The van der Waals surface area contributed by atoms with Gasteiger partial charge >= 0.3 is 6.16 Å². The van der Waals surface area contributed by atoms with E-state index in [1.165, 1.54) is 6.33 Å². The minimum Gasteiger partial charge on any atom is -0.450 e. The van der Waals surface area contributed by atoms with Crippen molar-refractivity contribution in [3.05, 3.63) is 52.8 Å². The number of halogens is 2. The number of fused-ring (bicyclic) bond motifs is 1. The van der Waals surface area contributed by atoms with Crippen LogP contribution in [0.15, 0.2) is 42.7 Å². The summed E-state index contributed by atoms with van der Waals surface area (Å²) in [6.45, 7) is 1.57. The molecule has 28 heavy (non-hydrogen) atoms. The van der Waals surface area contributed by atoms with Crippen LogP contribution in [-0.4, -0.2) is 47.1 Å². The largest absolute Gasteiger partial charge is 0.507 e. The molecule has 0 radical (unpaired) electrons. The predicted molar refractivity (Wildman–Crippen MR) is 108 cm³/mol. The van der Waals surface area contributed by atoms with Crippen molar-refractivity contribution in [2.45, 2.75) is 6.23 Å². The summed E-state index contributed by atoms with van der Waals surface area (Å²) in [6.07, 6.45) is -0.464. The molecule has 2 aromatic carbocycles. The molecule has 7 nitrogen and oxygen atoms in total. The Kier molecular flexibility index (Phi) is 5.21. The lowest BCUT2D eigenvalue weighted by atomic mass is 10.0. The third-order valence-corrected chi connectivity index (χ3v) is 5.11. The standard InChI is InChI=1S/C19H16Cl2N4O3/c20-12-3-1-11(2-4-12)13-7-14-16(8-15(13)21)23-10-24-18(14)25-6-5-22-17(9-25)28-19(26)27/h1-4,7-8,10,17,22H,5-6,9H2,(H,26,27). The van der Waals surface area contributed by atoms with Gasteiger partial charge in [0, 0.05) is 29.1 Å². The number of carboxylic acid groups (broad SMARTS) is 1. The second kappa shape index (κ2) is 7.79. The Morgan fingerprint density at radius 1 is 1.21 bits per heavy atom. The maximum absolute atomic E-state index is 10.9. The summed E-state index contributed by atoms with van der Waals surface area (Å²) in [5, 5.41) is 14.0. The molecule has 0 saturated carbocycles. The molecular weight excluding hydrogens is 403 g/mol. The molecule has 9 heteroatoms. The number of rotatable bonds is 3. The van der Waals surface area contributed by atoms with Gasteiger partial charge in [0.2, 0.25) is 0 Å². The van der Waals surface area contributed by atoms with E-state index >= 15 is 0 Å². The molecule has 1 fully saturated rings. The number of hydrogen-bond acceptors (Lipinski definition) is 6. The summed E-state index contributed by atoms with van der Waals surface area (Å²) in [6, 6.07) is 11.2. The van der Waals surface area contributed by atoms with Crippen molar-refractivity contribution in [3.8, 4) is 11.1 Å². The minimum absolute atomic E-state index is 0.345. The van der Waals surface area contributed by atoms with Crippen LogP contribution < -0.4 is 10.2 Å². The van der Waals surface area contributed by atoms with E-state index in [9.17, 15) is 4.79 Å². The second-order valence-corrected chi connectivity index (χ2v) is 7.17. The fraction of sp³-hybridized carbons (Fsp3) is 0.211. The zero-order valence-electron chi connectivity index (χ0n) is 14.6. The monoisotopic (exact) mass is 418 g/mol. The highest BCUT2D eigenvalue weighted by Crippen LogP contribution is 2.35. The highest BCUT2D eigenvalue weighted by Gasteiger charge is 2.25. The third-order valence-electron chi connectivity index (χ3n) is 4.54. The lowest BCUT2D eigenvalue weighted by Gasteiger charge is -2.33. The molecule has 2 heterocycles. The molecule has 1 aliphatic rings. The van der Waals surface area contributed by atoms with Gasteiger partial charge in [-0.25, -0.2) is 14.8 Å². The minimum atomic E-state index is -1.32. The van der Waals surface area contributed by atoms with Gasteiger partial charge in [-0.15, -0.1) is 0 Å². The van der Waals surface area contributed by atoms with Gasteiger partial charge in [0.25, 0.3) is 0 Å². The van der Waals surface area contributed by atoms with E-state index in [2.05, 4.69) is 15.3 Å². The SMILES string of the molecule is O=C(O)OC1CN(c2ncnc3cc(Cl)c(-c4ccc(Cl)cc4)cc23)CCN1. The molecule has 144 valence electrons. The molecule has 3 aromatic rings. The lowest BCUT2D eigenvalue weighted by Crippen LogP contribution is -2.52. The number of ether oxygens (including phenoxy) is 1. The van der Waals surface area contributed by atoms with Crippen LogP contribution in [0.2, 0.25) is 10.0 Å². The summed E-state index contributed by atoms with van der Waals surface area (Å²) in [7, 11) is 0. The topological polar surface area (TPSA) is 87.6 Å². The summed E-state index contributed by atoms with van der Waals surface area (Å²) < 4.78 is 4.87. The maximum Gasteiger partial charge on any atom is 0.507 e. The van der Waals surface area contributed by atoms with E-state index in [0.717, 1.165) is 16.5 Å². The molecule has 0 spiro atoms. The van der Waals surface area contributed by atoms with Gasteiger partial charge in [-0.05, 0) is 29.8 Å². The highest BCUT2D eigenvalue weighted by atomic mass is 35.5. The van der Waals surface area contributed by atoms with Crippen molar-refractivity contribution in [3.63, 3.8) is 0 Å². The molecule has 1 aromatic heterocycles. The number of aromatic nitrogens is 2. The summed E-state index contributed by atoms with van der Waals surface area (Å²) in [5.41, 5.74) is 2.48. The van der Waals surface area contributed by atoms with E-state index in [1.807, 2.05) is 35.2 Å². The first-order chi connectivity index (χ1) is 13.5. The molecule has 1 saturated heterocycles. The van der Waals surface area contributed by atoms with Gasteiger partial charge < -0.3 is 14.7 Å². The number of anilines is 1. The van der Waals surface area contributed by atoms with Crippen LogP contribution in [0.4, 0.5) is 10.6 Å². The Balaban J connectivity index is 1.75. The van der Waals surface area contributed by atoms with Crippen LogP contribution in [0.25, 0.3) is 22.0 Å². The zero-order valence-corrected chi connectivity index (χ0v) is 16.1. The van der Waals surface area contributed by atoms with Crippen molar-refractivity contribution < 1.29 is 14.6 Å². The van der Waals surface area contributed by atoms with Crippen molar-refractivity contribution in [1.82, 2.24) is 15.3 Å². The van der Waals surface area contributed by atoms with Crippen LogP contribution in [0.1, 0.15) is 0 Å². The average molecular weight is 419 g/mol. The van der Waals surface area contributed by atoms with Gasteiger partial charge in [-0.2, -0.15) is 0 Å². The fourth-order valence-corrected chi connectivity index (χ4v) is 3.67. The van der Waals surface area contributed by atoms with E-state index < -0.39 is 12.4 Å². The Bertz CT molecular complexity index is 1030. The Labute approximate surface area is 170 Å². The van der Waals surface area contributed by atoms with E-state index in [0.29, 0.717) is 41.0 Å². The molecule has 0 bridgehead atoms. The number of benzene rings is 2. The van der Waals surface area contributed by atoms with Gasteiger partial charge in [0.05, 0.1) is 17.1 Å². The first-order valence-corrected chi connectivity index (χ1v) is 9.35. The number of nitrogens with zero attached hydrogens (tertiary/aromatic N) is 3. The molecule has 0 aliphatic carbocycles. The Morgan fingerprint density at radius 2 is 2.00 bits per heavy atom. The summed E-state index contributed by atoms with van der Waals surface area (Å²) in [5.74, 6) is 0.706. The maximum atomic E-state index is 10.9. The lowest BCUT2D eigenvalue weighted by molar-refractivity contribution is 0.0354. The quantitative estimate of drug-likeness (QED) is 0.620. The first-order valence-electron chi connectivity index (χ1n) is 8.59. The van der Waals surface area contributed by atoms with E-state index in [4.69, 9.17) is 33.0 Å². The summed E-state index contributed by atoms with van der Waals surface area (Å²) >= 11 is 12.5. The number of nitrogens with one attached hydrogen (secondary N) is 1. The number of hydrogen-bond donors (Lipinski definition) is 2. The highest BCUT2D eigenvalue weighted by molar-refractivity contribution is 6.34. The van der Waals surface area contributed by atoms with Crippen LogP contribution in [0, 0.1) is 0 Å². The van der Waals surface area contributed by atoms with Crippen LogP contribution in [0.3, 0.4) is 0 Å². The second-order valence-electron chi connectivity index (χ2n) is 6.33. The number of piperazine rings is 1. The predicted octanol–water partition coefficient (Wildman–Crippen LogP) is 4.03. The smallest absolute Gasteiger partial charge is 0.450 e. The number of carbonyl (C=O) groups is 1. The normalized spacial score (nSPS) is 16.9. The molecular formula is C19H16Cl2N4O3. The van der Waals surface area contributed by atoms with Gasteiger partial charge in [-0.3, -0.25) is 5.32 Å². The van der Waals surface area contributed by atoms with E-state index in [-0.39, 0.29) is 0 Å². The van der Waals surface area contributed by atoms with Gasteiger partial charge in [-0.1, -0.05) is 35.3 Å². The molecule has 4 rings (SSSR count). The first kappa shape index (κ1) is 18.7. The zero-order chi connectivity index (χ0) is 19.7. The fourth-order valence-electron chi connectivity index (χ4n) is 3.28. The third kappa shape index (κ3) is 3.82. The summed E-state index contributed by atoms with van der Waals surface area (Å²) in [4.78, 5) is 21.6.